The van der Waals surface area contributed by atoms with Gasteiger partial charge in [-0.15, -0.1) is 0 Å². The summed E-state index contributed by atoms with van der Waals surface area (Å²) in [6.45, 7) is -0.412. The number of amides is 1. The molecular weight excluding hydrogens is 478 g/mol. The van der Waals surface area contributed by atoms with E-state index in [-0.39, 0.29) is 20.6 Å². The lowest BCUT2D eigenvalue weighted by Gasteiger charge is -2.12. The lowest BCUT2D eigenvalue weighted by Crippen LogP contribution is -2.20. The summed E-state index contributed by atoms with van der Waals surface area (Å²) in [4.78, 5) is 11.9. The third-order valence-electron chi connectivity index (χ3n) is 4.07. The van der Waals surface area contributed by atoms with E-state index in [1.807, 2.05) is 0 Å². The van der Waals surface area contributed by atoms with Crippen molar-refractivity contribution in [3.05, 3.63) is 77.8 Å². The van der Waals surface area contributed by atoms with Crippen LogP contribution < -0.4 is 19.9 Å². The fourth-order valence-corrected chi connectivity index (χ4v) is 4.45. The Bertz CT molecular complexity index is 1330. The lowest BCUT2D eigenvalue weighted by molar-refractivity contribution is -0.118. The van der Waals surface area contributed by atoms with Crippen molar-refractivity contribution in [2.75, 3.05) is 16.6 Å². The summed E-state index contributed by atoms with van der Waals surface area (Å²) in [5, 5.41) is 7.55. The van der Waals surface area contributed by atoms with Crippen LogP contribution in [-0.4, -0.2) is 29.3 Å². The molecule has 4 N–H and O–H groups in total. The monoisotopic (exact) mass is 495 g/mol. The Labute approximate surface area is 190 Å². The normalized spacial score (nSPS) is 11.6. The van der Waals surface area contributed by atoms with Gasteiger partial charge >= 0.3 is 0 Å². The van der Waals surface area contributed by atoms with E-state index in [0.717, 1.165) is 0 Å². The number of carbonyl (C=O) groups is 1. The van der Waals surface area contributed by atoms with E-state index in [2.05, 4.69) is 10.0 Å². The standard InChI is InChI=1S/C20H18ClN3O6S2/c21-18-12-17(32(28,29)24-15-4-2-1-3-5-15)10-11-19(18)30-13-20(25)23-14-6-8-16(9-7-14)31(22,26)27/h1-12,24H,13H2,(H,23,25)(H2,22,26,27). The first-order valence-corrected chi connectivity index (χ1v) is 12.4. The number of carbonyl (C=O) groups excluding carboxylic acids is 1. The number of nitrogens with one attached hydrogen (secondary N) is 2. The molecule has 3 rings (SSSR count). The van der Waals surface area contributed by atoms with Crippen LogP contribution in [0.5, 0.6) is 5.75 Å². The van der Waals surface area contributed by atoms with Gasteiger partial charge in [0.15, 0.2) is 6.61 Å². The number of anilines is 2. The van der Waals surface area contributed by atoms with Crippen molar-refractivity contribution in [3.8, 4) is 5.75 Å². The first-order chi connectivity index (χ1) is 15.0. The maximum atomic E-state index is 12.5. The number of para-hydroxylation sites is 1. The Morgan fingerprint density at radius 3 is 2.09 bits per heavy atom. The molecule has 0 bridgehead atoms. The number of sulfonamides is 2. The van der Waals surface area contributed by atoms with Crippen LogP contribution in [0.25, 0.3) is 0 Å². The second-order valence-corrected chi connectivity index (χ2v) is 10.1. The average Bonchev–Trinajstić information content (AvgIpc) is 2.73. The average molecular weight is 496 g/mol. The highest BCUT2D eigenvalue weighted by Crippen LogP contribution is 2.28. The van der Waals surface area contributed by atoms with Crippen LogP contribution >= 0.6 is 11.6 Å². The van der Waals surface area contributed by atoms with Crippen molar-refractivity contribution in [3.63, 3.8) is 0 Å². The lowest BCUT2D eigenvalue weighted by atomic mass is 10.3. The van der Waals surface area contributed by atoms with E-state index in [4.69, 9.17) is 21.5 Å². The minimum Gasteiger partial charge on any atom is -0.482 e. The van der Waals surface area contributed by atoms with Gasteiger partial charge in [0.1, 0.15) is 5.75 Å². The molecule has 1 amide bonds. The van der Waals surface area contributed by atoms with E-state index in [9.17, 15) is 21.6 Å². The highest BCUT2D eigenvalue weighted by Gasteiger charge is 2.17. The molecule has 0 atom stereocenters. The molecule has 0 aromatic heterocycles. The predicted octanol–water partition coefficient (Wildman–Crippen LogP) is 2.81. The summed E-state index contributed by atoms with van der Waals surface area (Å²) in [6.07, 6.45) is 0. The molecule has 3 aromatic carbocycles. The molecule has 0 aliphatic rings. The third-order valence-corrected chi connectivity index (χ3v) is 6.67. The molecule has 0 aliphatic heterocycles. The maximum Gasteiger partial charge on any atom is 0.262 e. The van der Waals surface area contributed by atoms with Crippen LogP contribution in [0.2, 0.25) is 5.02 Å². The molecule has 0 heterocycles. The summed E-state index contributed by atoms with van der Waals surface area (Å²) in [7, 11) is -7.69. The van der Waals surface area contributed by atoms with Crippen LogP contribution in [0.15, 0.2) is 82.6 Å². The Kier molecular flexibility index (Phi) is 7.04. The largest absolute Gasteiger partial charge is 0.482 e. The molecule has 0 aliphatic carbocycles. The molecule has 0 radical (unpaired) electrons. The van der Waals surface area contributed by atoms with Gasteiger partial charge in [-0.1, -0.05) is 29.8 Å². The molecule has 0 fully saturated rings. The molecule has 0 saturated carbocycles. The Hall–Kier alpha value is -3.12. The highest BCUT2D eigenvalue weighted by molar-refractivity contribution is 7.92. The van der Waals surface area contributed by atoms with Crippen molar-refractivity contribution in [2.45, 2.75) is 9.79 Å². The van der Waals surface area contributed by atoms with Gasteiger partial charge in [-0.2, -0.15) is 0 Å². The summed E-state index contributed by atoms with van der Waals surface area (Å²) < 4.78 is 55.3. The van der Waals surface area contributed by atoms with Gasteiger partial charge in [0.2, 0.25) is 10.0 Å². The minimum atomic E-state index is -3.86. The fraction of sp³-hybridized carbons (Fsp3) is 0.0500. The number of ether oxygens (including phenoxy) is 1. The summed E-state index contributed by atoms with van der Waals surface area (Å²) in [5.41, 5.74) is 0.739. The van der Waals surface area contributed by atoms with Gasteiger partial charge in [-0.05, 0) is 54.6 Å². The zero-order valence-corrected chi connectivity index (χ0v) is 18.7. The van der Waals surface area contributed by atoms with Gasteiger partial charge < -0.3 is 10.1 Å². The number of hydrogen-bond acceptors (Lipinski definition) is 6. The SMILES string of the molecule is NS(=O)(=O)c1ccc(NC(=O)COc2ccc(S(=O)(=O)Nc3ccccc3)cc2Cl)cc1. The van der Waals surface area contributed by atoms with Crippen LogP contribution in [0.4, 0.5) is 11.4 Å². The number of nitrogens with two attached hydrogens (primary N) is 1. The molecule has 0 saturated heterocycles. The quantitative estimate of drug-likeness (QED) is 0.438. The van der Waals surface area contributed by atoms with Gasteiger partial charge in [0, 0.05) is 11.4 Å². The molecule has 32 heavy (non-hydrogen) atoms. The van der Waals surface area contributed by atoms with Crippen molar-refractivity contribution in [1.82, 2.24) is 0 Å². The Morgan fingerprint density at radius 2 is 1.50 bits per heavy atom. The molecule has 168 valence electrons. The van der Waals surface area contributed by atoms with Crippen molar-refractivity contribution in [1.29, 1.82) is 0 Å². The van der Waals surface area contributed by atoms with Gasteiger partial charge in [-0.3, -0.25) is 9.52 Å². The molecule has 12 heteroatoms. The van der Waals surface area contributed by atoms with E-state index in [1.54, 1.807) is 30.3 Å². The molecule has 9 nitrogen and oxygen atoms in total. The molecule has 0 spiro atoms. The Balaban J connectivity index is 1.61. The van der Waals surface area contributed by atoms with Crippen LogP contribution in [0.1, 0.15) is 0 Å². The smallest absolute Gasteiger partial charge is 0.262 e. The van der Waals surface area contributed by atoms with Crippen LogP contribution in [0.3, 0.4) is 0 Å². The second-order valence-electron chi connectivity index (χ2n) is 6.47. The zero-order valence-electron chi connectivity index (χ0n) is 16.4. The molecular formula is C20H18ClN3O6S2. The van der Waals surface area contributed by atoms with Crippen molar-refractivity contribution in [2.24, 2.45) is 5.14 Å². The third kappa shape index (κ3) is 6.20. The number of rotatable bonds is 8. The van der Waals surface area contributed by atoms with Gasteiger partial charge in [-0.25, -0.2) is 22.0 Å². The van der Waals surface area contributed by atoms with E-state index >= 15 is 0 Å². The van der Waals surface area contributed by atoms with E-state index < -0.39 is 32.6 Å². The number of benzene rings is 3. The predicted molar refractivity (Wildman–Crippen MR) is 121 cm³/mol. The van der Waals surface area contributed by atoms with Gasteiger partial charge in [0.05, 0.1) is 14.8 Å². The zero-order chi connectivity index (χ0) is 23.4. The van der Waals surface area contributed by atoms with Crippen molar-refractivity contribution >= 4 is 48.9 Å². The first-order valence-electron chi connectivity index (χ1n) is 8.97. The molecule has 3 aromatic rings. The molecule has 0 unspecified atom stereocenters. The first kappa shape index (κ1) is 23.5. The van der Waals surface area contributed by atoms with Gasteiger partial charge in [0.25, 0.3) is 15.9 Å². The Morgan fingerprint density at radius 1 is 0.875 bits per heavy atom. The summed E-state index contributed by atoms with van der Waals surface area (Å²) >= 11 is 6.12. The van der Waals surface area contributed by atoms with Crippen LogP contribution in [-0.2, 0) is 24.8 Å². The fourth-order valence-electron chi connectivity index (χ4n) is 2.55. The number of hydrogen-bond donors (Lipinski definition) is 3. The van der Waals surface area contributed by atoms with Crippen molar-refractivity contribution < 1.29 is 26.4 Å². The van der Waals surface area contributed by atoms with E-state index in [1.165, 1.54) is 42.5 Å². The summed E-state index contributed by atoms with van der Waals surface area (Å²) in [6, 6.07) is 17.5. The second kappa shape index (κ2) is 9.57. The van der Waals surface area contributed by atoms with E-state index in [0.29, 0.717) is 11.4 Å². The minimum absolute atomic E-state index is 0.00578. The summed E-state index contributed by atoms with van der Waals surface area (Å²) in [5.74, 6) is -0.420. The maximum absolute atomic E-state index is 12.5. The number of halogens is 1. The highest BCUT2D eigenvalue weighted by atomic mass is 35.5. The van der Waals surface area contributed by atoms with Crippen LogP contribution in [0, 0.1) is 0 Å². The topological polar surface area (TPSA) is 145 Å². The number of primary sulfonamides is 1.